The van der Waals surface area contributed by atoms with Crippen LogP contribution in [0.4, 0.5) is 0 Å². The predicted octanol–water partition coefficient (Wildman–Crippen LogP) is 3.23. The molecule has 1 aromatic carbocycles. The standard InChI is InChI=1S/C17H26N2O2/c1-7-9-15(17(3,4)5)18-19-16(20)13-10-8-11-14(21-6)12(13)2/h7-8,10-11,15,18H,1,9H2,2-6H3,(H,19,20)/t15-/m1/s1. The second-order valence-corrected chi connectivity index (χ2v) is 6.17. The Morgan fingerprint density at radius 3 is 2.62 bits per heavy atom. The fourth-order valence-corrected chi connectivity index (χ4v) is 2.10. The molecule has 1 amide bonds. The third kappa shape index (κ3) is 4.60. The van der Waals surface area contributed by atoms with Crippen LogP contribution < -0.4 is 15.6 Å². The zero-order valence-electron chi connectivity index (χ0n) is 13.6. The van der Waals surface area contributed by atoms with Crippen molar-refractivity contribution in [3.8, 4) is 5.75 Å². The number of hydrazine groups is 1. The summed E-state index contributed by atoms with van der Waals surface area (Å²) in [7, 11) is 1.60. The largest absolute Gasteiger partial charge is 0.496 e. The Labute approximate surface area is 127 Å². The highest BCUT2D eigenvalue weighted by atomic mass is 16.5. The fraction of sp³-hybridized carbons (Fsp3) is 0.471. The number of hydrogen-bond donors (Lipinski definition) is 2. The first-order chi connectivity index (χ1) is 9.81. The van der Waals surface area contributed by atoms with Gasteiger partial charge in [0.25, 0.3) is 5.91 Å². The molecule has 1 atom stereocenters. The summed E-state index contributed by atoms with van der Waals surface area (Å²) in [6.45, 7) is 12.0. The van der Waals surface area contributed by atoms with Gasteiger partial charge in [0.1, 0.15) is 5.75 Å². The molecule has 0 spiro atoms. The van der Waals surface area contributed by atoms with Gasteiger partial charge in [-0.2, -0.15) is 0 Å². The van der Waals surface area contributed by atoms with Crippen molar-refractivity contribution < 1.29 is 9.53 Å². The van der Waals surface area contributed by atoms with Gasteiger partial charge in [0.15, 0.2) is 0 Å². The van der Waals surface area contributed by atoms with Gasteiger partial charge in [-0.15, -0.1) is 6.58 Å². The molecule has 1 rings (SSSR count). The van der Waals surface area contributed by atoms with Gasteiger partial charge in [0, 0.05) is 17.2 Å². The first kappa shape index (κ1) is 17.2. The molecule has 0 bridgehead atoms. The van der Waals surface area contributed by atoms with Crippen molar-refractivity contribution >= 4 is 5.91 Å². The van der Waals surface area contributed by atoms with E-state index < -0.39 is 0 Å². The van der Waals surface area contributed by atoms with Crippen LogP contribution in [-0.2, 0) is 0 Å². The Kier molecular flexibility index (Phi) is 5.97. The second-order valence-electron chi connectivity index (χ2n) is 6.17. The van der Waals surface area contributed by atoms with Gasteiger partial charge in [-0.3, -0.25) is 10.2 Å². The van der Waals surface area contributed by atoms with Crippen LogP contribution in [0.2, 0.25) is 0 Å². The van der Waals surface area contributed by atoms with E-state index >= 15 is 0 Å². The van der Waals surface area contributed by atoms with Crippen molar-refractivity contribution in [1.29, 1.82) is 0 Å². The maximum Gasteiger partial charge on any atom is 0.265 e. The van der Waals surface area contributed by atoms with Gasteiger partial charge in [-0.1, -0.05) is 32.9 Å². The quantitative estimate of drug-likeness (QED) is 0.624. The van der Waals surface area contributed by atoms with Gasteiger partial charge < -0.3 is 4.74 Å². The molecule has 0 fully saturated rings. The third-order valence-electron chi connectivity index (χ3n) is 3.56. The van der Waals surface area contributed by atoms with Crippen LogP contribution in [-0.4, -0.2) is 19.1 Å². The molecule has 0 saturated carbocycles. The van der Waals surface area contributed by atoms with Crippen LogP contribution in [0.25, 0.3) is 0 Å². The van der Waals surface area contributed by atoms with E-state index in [0.29, 0.717) is 11.3 Å². The Morgan fingerprint density at radius 1 is 1.43 bits per heavy atom. The van der Waals surface area contributed by atoms with Gasteiger partial charge in [0.05, 0.1) is 7.11 Å². The van der Waals surface area contributed by atoms with E-state index in [2.05, 4.69) is 38.2 Å². The molecular weight excluding hydrogens is 264 g/mol. The minimum atomic E-state index is -0.162. The van der Waals surface area contributed by atoms with Crippen molar-refractivity contribution in [2.24, 2.45) is 5.41 Å². The van der Waals surface area contributed by atoms with Gasteiger partial charge in [-0.25, -0.2) is 5.43 Å². The lowest BCUT2D eigenvalue weighted by atomic mass is 9.85. The van der Waals surface area contributed by atoms with Crippen LogP contribution in [0.3, 0.4) is 0 Å². The number of carbonyl (C=O) groups excluding carboxylic acids is 1. The first-order valence-corrected chi connectivity index (χ1v) is 7.11. The second kappa shape index (κ2) is 7.27. The van der Waals surface area contributed by atoms with Crippen LogP contribution in [0.1, 0.15) is 43.1 Å². The molecule has 2 N–H and O–H groups in total. The molecule has 0 aliphatic rings. The summed E-state index contributed by atoms with van der Waals surface area (Å²) >= 11 is 0. The lowest BCUT2D eigenvalue weighted by molar-refractivity contribution is 0.0907. The van der Waals surface area contributed by atoms with E-state index in [0.717, 1.165) is 12.0 Å². The summed E-state index contributed by atoms with van der Waals surface area (Å²) in [6, 6.07) is 5.56. The van der Waals surface area contributed by atoms with Crippen molar-refractivity contribution in [2.75, 3.05) is 7.11 Å². The van der Waals surface area contributed by atoms with Crippen molar-refractivity contribution in [1.82, 2.24) is 10.9 Å². The van der Waals surface area contributed by atoms with Crippen LogP contribution in [0.15, 0.2) is 30.9 Å². The molecule has 0 aliphatic carbocycles. The molecule has 21 heavy (non-hydrogen) atoms. The topological polar surface area (TPSA) is 50.4 Å². The molecule has 4 nitrogen and oxygen atoms in total. The van der Waals surface area contributed by atoms with Crippen LogP contribution in [0.5, 0.6) is 5.75 Å². The fourth-order valence-electron chi connectivity index (χ4n) is 2.10. The molecule has 0 heterocycles. The average molecular weight is 290 g/mol. The molecule has 0 radical (unpaired) electrons. The number of ether oxygens (including phenoxy) is 1. The minimum Gasteiger partial charge on any atom is -0.496 e. The number of hydrogen-bond acceptors (Lipinski definition) is 3. The highest BCUT2D eigenvalue weighted by molar-refractivity contribution is 5.95. The monoisotopic (exact) mass is 290 g/mol. The molecule has 0 unspecified atom stereocenters. The molecule has 4 heteroatoms. The molecule has 116 valence electrons. The number of amides is 1. The van der Waals surface area contributed by atoms with Crippen molar-refractivity contribution in [2.45, 2.75) is 40.2 Å². The Bertz CT molecular complexity index is 504. The number of rotatable bonds is 6. The average Bonchev–Trinajstić information content (AvgIpc) is 2.42. The lowest BCUT2D eigenvalue weighted by Gasteiger charge is -2.31. The summed E-state index contributed by atoms with van der Waals surface area (Å²) in [5.74, 6) is 0.547. The zero-order valence-corrected chi connectivity index (χ0v) is 13.6. The SMILES string of the molecule is C=CC[C@@H](NNC(=O)c1cccc(OC)c1C)C(C)(C)C. The highest BCUT2D eigenvalue weighted by Crippen LogP contribution is 2.22. The van der Waals surface area contributed by atoms with Gasteiger partial charge >= 0.3 is 0 Å². The summed E-state index contributed by atoms with van der Waals surface area (Å²) in [5, 5.41) is 0. The summed E-state index contributed by atoms with van der Waals surface area (Å²) in [5.41, 5.74) is 7.35. The Hall–Kier alpha value is -1.81. The minimum absolute atomic E-state index is 0.0187. The van der Waals surface area contributed by atoms with Gasteiger partial charge in [0.2, 0.25) is 0 Å². The Morgan fingerprint density at radius 2 is 2.10 bits per heavy atom. The van der Waals surface area contributed by atoms with E-state index in [1.54, 1.807) is 13.2 Å². The maximum atomic E-state index is 12.3. The van der Waals surface area contributed by atoms with E-state index in [9.17, 15) is 4.79 Å². The predicted molar refractivity (Wildman–Crippen MR) is 86.4 cm³/mol. The Balaban J connectivity index is 2.80. The zero-order chi connectivity index (χ0) is 16.0. The number of benzene rings is 1. The molecule has 0 aromatic heterocycles. The summed E-state index contributed by atoms with van der Waals surface area (Å²) in [4.78, 5) is 12.3. The summed E-state index contributed by atoms with van der Waals surface area (Å²) in [6.07, 6.45) is 2.63. The molecule has 0 saturated heterocycles. The third-order valence-corrected chi connectivity index (χ3v) is 3.56. The number of nitrogens with one attached hydrogen (secondary N) is 2. The van der Waals surface area contributed by atoms with E-state index in [1.165, 1.54) is 0 Å². The van der Waals surface area contributed by atoms with Crippen LogP contribution in [0, 0.1) is 12.3 Å². The lowest BCUT2D eigenvalue weighted by Crippen LogP contribution is -2.49. The smallest absolute Gasteiger partial charge is 0.265 e. The van der Waals surface area contributed by atoms with E-state index in [1.807, 2.05) is 25.1 Å². The molecule has 1 aromatic rings. The van der Waals surface area contributed by atoms with Crippen molar-refractivity contribution in [3.05, 3.63) is 42.0 Å². The maximum absolute atomic E-state index is 12.3. The number of methoxy groups -OCH3 is 1. The van der Waals surface area contributed by atoms with Crippen molar-refractivity contribution in [3.63, 3.8) is 0 Å². The normalized spacial score (nSPS) is 12.6. The van der Waals surface area contributed by atoms with E-state index in [4.69, 9.17) is 4.74 Å². The highest BCUT2D eigenvalue weighted by Gasteiger charge is 2.24. The van der Waals surface area contributed by atoms with Gasteiger partial charge in [-0.05, 0) is 30.9 Å². The molecule has 0 aliphatic heterocycles. The molecular formula is C17H26N2O2. The first-order valence-electron chi connectivity index (χ1n) is 7.11. The van der Waals surface area contributed by atoms with E-state index in [-0.39, 0.29) is 17.4 Å². The number of carbonyl (C=O) groups is 1. The summed E-state index contributed by atoms with van der Waals surface area (Å²) < 4.78 is 5.24. The van der Waals surface area contributed by atoms with Crippen LogP contribution >= 0.6 is 0 Å².